The Morgan fingerprint density at radius 1 is 1.15 bits per heavy atom. The molecule has 0 N–H and O–H groups in total. The van der Waals surface area contributed by atoms with Crippen molar-refractivity contribution < 1.29 is 9.18 Å². The zero-order valence-corrected chi connectivity index (χ0v) is 15.8. The van der Waals surface area contributed by atoms with Crippen LogP contribution >= 0.6 is 11.6 Å². The molecule has 0 atom stereocenters. The predicted molar refractivity (Wildman–Crippen MR) is 103 cm³/mol. The van der Waals surface area contributed by atoms with E-state index in [0.29, 0.717) is 49.0 Å². The highest BCUT2D eigenvalue weighted by molar-refractivity contribution is 6.31. The Hall–Kier alpha value is -2.44. The van der Waals surface area contributed by atoms with Crippen molar-refractivity contribution in [1.82, 2.24) is 19.2 Å². The summed E-state index contributed by atoms with van der Waals surface area (Å²) in [4.78, 5) is 21.2. The molecule has 1 amide bonds. The number of carbonyl (C=O) groups is 1. The Morgan fingerprint density at radius 2 is 1.89 bits per heavy atom. The van der Waals surface area contributed by atoms with Gasteiger partial charge in [-0.05, 0) is 31.2 Å². The minimum Gasteiger partial charge on any atom is -0.335 e. The molecule has 5 nitrogen and oxygen atoms in total. The molecule has 0 aliphatic carbocycles. The zero-order chi connectivity index (χ0) is 19.0. The molecule has 0 bridgehead atoms. The van der Waals surface area contributed by atoms with E-state index in [-0.39, 0.29) is 11.7 Å². The fourth-order valence-corrected chi connectivity index (χ4v) is 3.65. The highest BCUT2D eigenvalue weighted by atomic mass is 35.5. The Kier molecular flexibility index (Phi) is 4.85. The maximum absolute atomic E-state index is 14.0. The van der Waals surface area contributed by atoms with Crippen LogP contribution in [0.1, 0.15) is 21.7 Å². The molecule has 0 unspecified atom stereocenters. The first-order chi connectivity index (χ1) is 13.0. The second-order valence-electron chi connectivity index (χ2n) is 6.79. The summed E-state index contributed by atoms with van der Waals surface area (Å²) in [5.74, 6) is -0.359. The lowest BCUT2D eigenvalue weighted by Crippen LogP contribution is -2.48. The molecule has 3 heterocycles. The smallest absolute Gasteiger partial charge is 0.274 e. The SMILES string of the molecule is Cc1cccc2nc(C(=O)N3CCN(Cc4c(F)cccc4Cl)CC3)cn12. The van der Waals surface area contributed by atoms with Gasteiger partial charge in [0, 0.05) is 55.2 Å². The van der Waals surface area contributed by atoms with E-state index in [1.54, 1.807) is 23.2 Å². The molecule has 1 aromatic carbocycles. The molecule has 0 radical (unpaired) electrons. The zero-order valence-electron chi connectivity index (χ0n) is 15.0. The number of hydrogen-bond donors (Lipinski definition) is 0. The Morgan fingerprint density at radius 3 is 2.59 bits per heavy atom. The molecule has 0 saturated carbocycles. The van der Waals surface area contributed by atoms with Crippen molar-refractivity contribution in [3.63, 3.8) is 0 Å². The summed E-state index contributed by atoms with van der Waals surface area (Å²) in [7, 11) is 0. The fourth-order valence-electron chi connectivity index (χ4n) is 3.43. The molecule has 140 valence electrons. The number of hydrogen-bond acceptors (Lipinski definition) is 3. The maximum Gasteiger partial charge on any atom is 0.274 e. The van der Waals surface area contributed by atoms with Crippen molar-refractivity contribution in [3.05, 3.63) is 70.4 Å². The number of aryl methyl sites for hydroxylation is 1. The quantitative estimate of drug-likeness (QED) is 0.692. The molecule has 27 heavy (non-hydrogen) atoms. The van der Waals surface area contributed by atoms with Crippen molar-refractivity contribution >= 4 is 23.2 Å². The van der Waals surface area contributed by atoms with Gasteiger partial charge in [0.15, 0.2) is 0 Å². The van der Waals surface area contributed by atoms with Gasteiger partial charge >= 0.3 is 0 Å². The summed E-state index contributed by atoms with van der Waals surface area (Å²) >= 11 is 6.12. The second kappa shape index (κ2) is 7.29. The van der Waals surface area contributed by atoms with Crippen molar-refractivity contribution in [2.24, 2.45) is 0 Å². The number of piperazine rings is 1. The van der Waals surface area contributed by atoms with Gasteiger partial charge in [-0.1, -0.05) is 23.7 Å². The molecule has 3 aromatic rings. The number of halogens is 2. The summed E-state index contributed by atoms with van der Waals surface area (Å²) in [6.07, 6.45) is 1.79. The van der Waals surface area contributed by atoms with Gasteiger partial charge in [0.05, 0.1) is 0 Å². The van der Waals surface area contributed by atoms with E-state index in [2.05, 4.69) is 9.88 Å². The number of rotatable bonds is 3. The van der Waals surface area contributed by atoms with Gasteiger partial charge in [-0.15, -0.1) is 0 Å². The van der Waals surface area contributed by atoms with E-state index in [0.717, 1.165) is 11.3 Å². The topological polar surface area (TPSA) is 40.9 Å². The molecule has 2 aromatic heterocycles. The van der Waals surface area contributed by atoms with Crippen LogP contribution in [-0.4, -0.2) is 51.3 Å². The van der Waals surface area contributed by atoms with E-state index in [1.165, 1.54) is 6.07 Å². The molecule has 0 spiro atoms. The van der Waals surface area contributed by atoms with Gasteiger partial charge in [-0.2, -0.15) is 0 Å². The lowest BCUT2D eigenvalue weighted by atomic mass is 10.1. The third-order valence-electron chi connectivity index (χ3n) is 5.02. The number of amides is 1. The van der Waals surface area contributed by atoms with Crippen LogP contribution in [0.2, 0.25) is 5.02 Å². The minimum atomic E-state index is -0.291. The second-order valence-corrected chi connectivity index (χ2v) is 7.20. The van der Waals surface area contributed by atoms with E-state index >= 15 is 0 Å². The van der Waals surface area contributed by atoms with Crippen LogP contribution in [0.5, 0.6) is 0 Å². The Bertz CT molecular complexity index is 975. The van der Waals surface area contributed by atoms with Crippen LogP contribution in [0, 0.1) is 12.7 Å². The van der Waals surface area contributed by atoms with E-state index in [4.69, 9.17) is 11.6 Å². The van der Waals surface area contributed by atoms with Gasteiger partial charge in [-0.3, -0.25) is 9.69 Å². The third-order valence-corrected chi connectivity index (χ3v) is 5.37. The molecular weight excluding hydrogens is 367 g/mol. The first kappa shape index (κ1) is 17.9. The summed E-state index contributed by atoms with van der Waals surface area (Å²) in [5, 5.41) is 0.438. The van der Waals surface area contributed by atoms with Gasteiger partial charge in [0.25, 0.3) is 5.91 Å². The lowest BCUT2D eigenvalue weighted by Gasteiger charge is -2.34. The highest BCUT2D eigenvalue weighted by Gasteiger charge is 2.25. The number of fused-ring (bicyclic) bond motifs is 1. The number of benzene rings is 1. The molecule has 7 heteroatoms. The first-order valence-corrected chi connectivity index (χ1v) is 9.30. The third kappa shape index (κ3) is 3.55. The van der Waals surface area contributed by atoms with Crippen LogP contribution in [0.3, 0.4) is 0 Å². The Balaban J connectivity index is 1.42. The molecule has 1 saturated heterocycles. The van der Waals surface area contributed by atoms with Crippen molar-refractivity contribution in [2.75, 3.05) is 26.2 Å². The molecule has 4 rings (SSSR count). The van der Waals surface area contributed by atoms with Gasteiger partial charge in [0.1, 0.15) is 17.2 Å². The van der Waals surface area contributed by atoms with Crippen LogP contribution in [0.15, 0.2) is 42.6 Å². The largest absolute Gasteiger partial charge is 0.335 e. The van der Waals surface area contributed by atoms with Crippen LogP contribution in [0.25, 0.3) is 5.65 Å². The first-order valence-electron chi connectivity index (χ1n) is 8.92. The number of carbonyl (C=O) groups excluding carboxylic acids is 1. The lowest BCUT2D eigenvalue weighted by molar-refractivity contribution is 0.0622. The fraction of sp³-hybridized carbons (Fsp3) is 0.300. The number of imidazole rings is 1. The Labute approximate surface area is 162 Å². The molecule has 1 aliphatic heterocycles. The summed E-state index contributed by atoms with van der Waals surface area (Å²) < 4.78 is 15.9. The summed E-state index contributed by atoms with van der Waals surface area (Å²) in [6, 6.07) is 10.5. The molecular formula is C20H20ClFN4O. The van der Waals surface area contributed by atoms with Crippen LogP contribution in [0.4, 0.5) is 4.39 Å². The van der Waals surface area contributed by atoms with Crippen molar-refractivity contribution in [1.29, 1.82) is 0 Å². The van der Waals surface area contributed by atoms with Crippen LogP contribution < -0.4 is 0 Å². The van der Waals surface area contributed by atoms with E-state index in [9.17, 15) is 9.18 Å². The van der Waals surface area contributed by atoms with E-state index < -0.39 is 0 Å². The standard InChI is InChI=1S/C20H20ClFN4O/c1-14-4-2-7-19-23-18(13-26(14)19)20(27)25-10-8-24(9-11-25)12-15-16(21)5-3-6-17(15)22/h2-7,13H,8-12H2,1H3. The van der Waals surface area contributed by atoms with Gasteiger partial charge in [0.2, 0.25) is 0 Å². The number of nitrogens with zero attached hydrogens (tertiary/aromatic N) is 4. The van der Waals surface area contributed by atoms with Crippen LogP contribution in [-0.2, 0) is 6.54 Å². The average molecular weight is 387 g/mol. The van der Waals surface area contributed by atoms with E-state index in [1.807, 2.05) is 29.5 Å². The van der Waals surface area contributed by atoms with Crippen molar-refractivity contribution in [3.8, 4) is 0 Å². The predicted octanol–water partition coefficient (Wildman–Crippen LogP) is 3.39. The van der Waals surface area contributed by atoms with Gasteiger partial charge in [-0.25, -0.2) is 9.37 Å². The maximum atomic E-state index is 14.0. The number of aromatic nitrogens is 2. The van der Waals surface area contributed by atoms with Gasteiger partial charge < -0.3 is 9.30 Å². The highest BCUT2D eigenvalue weighted by Crippen LogP contribution is 2.21. The minimum absolute atomic E-state index is 0.0679. The molecule has 1 fully saturated rings. The summed E-state index contributed by atoms with van der Waals surface area (Å²) in [6.45, 7) is 4.93. The van der Waals surface area contributed by atoms with Crippen molar-refractivity contribution in [2.45, 2.75) is 13.5 Å². The molecule has 1 aliphatic rings. The normalized spacial score (nSPS) is 15.4. The summed E-state index contributed by atoms with van der Waals surface area (Å²) in [5.41, 5.74) is 2.77. The number of pyridine rings is 1. The average Bonchev–Trinajstić information content (AvgIpc) is 3.11. The monoisotopic (exact) mass is 386 g/mol.